The fourth-order valence-corrected chi connectivity index (χ4v) is 2.31. The molecule has 2 aromatic rings. The van der Waals surface area contributed by atoms with E-state index in [2.05, 4.69) is 4.98 Å². The number of aryl methyl sites for hydroxylation is 1. The number of ether oxygens (including phenoxy) is 1. The number of benzene rings is 1. The van der Waals surface area contributed by atoms with Crippen LogP contribution in [0.25, 0.3) is 10.2 Å². The molecule has 0 atom stereocenters. The maximum atomic E-state index is 12.7. The van der Waals surface area contributed by atoms with Gasteiger partial charge in [-0.2, -0.15) is 13.2 Å². The van der Waals surface area contributed by atoms with Gasteiger partial charge >= 0.3 is 6.18 Å². The second-order valence-corrected chi connectivity index (χ2v) is 4.49. The Labute approximate surface area is 93.7 Å². The molecule has 0 amide bonds. The summed E-state index contributed by atoms with van der Waals surface area (Å²) in [6.07, 6.45) is -4.41. The predicted octanol–water partition coefficient (Wildman–Crippen LogP) is 3.63. The standard InChI is InChI=1S/C10H8F3NOS/c1-5-14-7-4-8(15-2)6(10(11,12)13)3-9(7)16-5/h3-4H,1-2H3. The summed E-state index contributed by atoms with van der Waals surface area (Å²) in [6.45, 7) is 1.75. The molecular weight excluding hydrogens is 239 g/mol. The minimum absolute atomic E-state index is 0.190. The fraction of sp³-hybridized carbons (Fsp3) is 0.300. The molecule has 2 nitrogen and oxygen atoms in total. The third-order valence-electron chi connectivity index (χ3n) is 2.12. The fourth-order valence-electron chi connectivity index (χ4n) is 1.46. The summed E-state index contributed by atoms with van der Waals surface area (Å²) in [5, 5.41) is 0.733. The Balaban J connectivity index is 2.72. The van der Waals surface area contributed by atoms with Gasteiger partial charge in [-0.15, -0.1) is 11.3 Å². The highest BCUT2D eigenvalue weighted by Crippen LogP contribution is 2.39. The van der Waals surface area contributed by atoms with Crippen molar-refractivity contribution >= 4 is 21.6 Å². The van der Waals surface area contributed by atoms with E-state index in [4.69, 9.17) is 4.74 Å². The number of fused-ring (bicyclic) bond motifs is 1. The molecule has 1 aromatic carbocycles. The van der Waals surface area contributed by atoms with Crippen LogP contribution in [0.5, 0.6) is 5.75 Å². The molecule has 2 rings (SSSR count). The Kier molecular flexibility index (Phi) is 2.53. The normalized spacial score (nSPS) is 12.1. The number of methoxy groups -OCH3 is 1. The molecule has 0 saturated heterocycles. The Bertz CT molecular complexity index is 533. The number of hydrogen-bond donors (Lipinski definition) is 0. The molecule has 0 aliphatic carbocycles. The number of aromatic nitrogens is 1. The second-order valence-electron chi connectivity index (χ2n) is 3.25. The van der Waals surface area contributed by atoms with Crippen LogP contribution >= 0.6 is 11.3 Å². The highest BCUT2D eigenvalue weighted by atomic mass is 32.1. The van der Waals surface area contributed by atoms with E-state index >= 15 is 0 Å². The second kappa shape index (κ2) is 3.62. The molecule has 0 spiro atoms. The number of thiazole rings is 1. The zero-order chi connectivity index (χ0) is 11.9. The van der Waals surface area contributed by atoms with Crippen molar-refractivity contribution in [1.82, 2.24) is 4.98 Å². The lowest BCUT2D eigenvalue weighted by Crippen LogP contribution is -2.07. The highest BCUT2D eigenvalue weighted by molar-refractivity contribution is 7.18. The van der Waals surface area contributed by atoms with Crippen LogP contribution in [0.2, 0.25) is 0 Å². The first-order valence-electron chi connectivity index (χ1n) is 4.44. The van der Waals surface area contributed by atoms with Crippen molar-refractivity contribution < 1.29 is 17.9 Å². The average Bonchev–Trinajstić information content (AvgIpc) is 2.53. The lowest BCUT2D eigenvalue weighted by molar-refractivity contribution is -0.138. The highest BCUT2D eigenvalue weighted by Gasteiger charge is 2.34. The Hall–Kier alpha value is -1.30. The third kappa shape index (κ3) is 1.84. The van der Waals surface area contributed by atoms with Crippen molar-refractivity contribution in [3.05, 3.63) is 22.7 Å². The van der Waals surface area contributed by atoms with E-state index < -0.39 is 11.7 Å². The van der Waals surface area contributed by atoms with Crippen molar-refractivity contribution in [3.8, 4) is 5.75 Å². The molecule has 0 unspecified atom stereocenters. The monoisotopic (exact) mass is 247 g/mol. The van der Waals surface area contributed by atoms with Gasteiger partial charge < -0.3 is 4.74 Å². The zero-order valence-corrected chi connectivity index (χ0v) is 9.37. The quantitative estimate of drug-likeness (QED) is 0.767. The first-order valence-corrected chi connectivity index (χ1v) is 5.26. The lowest BCUT2D eigenvalue weighted by Gasteiger charge is -2.11. The van der Waals surface area contributed by atoms with Gasteiger partial charge in [0.1, 0.15) is 5.75 Å². The van der Waals surface area contributed by atoms with Crippen LogP contribution in [0, 0.1) is 6.92 Å². The summed E-state index contributed by atoms with van der Waals surface area (Å²) >= 11 is 1.23. The van der Waals surface area contributed by atoms with Crippen molar-refractivity contribution in [2.45, 2.75) is 13.1 Å². The van der Waals surface area contributed by atoms with Gasteiger partial charge in [0.15, 0.2) is 0 Å². The largest absolute Gasteiger partial charge is 0.496 e. The molecule has 16 heavy (non-hydrogen) atoms. The first kappa shape index (κ1) is 11.2. The zero-order valence-electron chi connectivity index (χ0n) is 8.55. The molecule has 0 saturated carbocycles. The van der Waals surface area contributed by atoms with Crippen molar-refractivity contribution in [1.29, 1.82) is 0 Å². The van der Waals surface area contributed by atoms with E-state index in [-0.39, 0.29) is 5.75 Å². The number of rotatable bonds is 1. The summed E-state index contributed by atoms with van der Waals surface area (Å²) in [5.41, 5.74) is -0.224. The third-order valence-corrected chi connectivity index (χ3v) is 3.06. The maximum Gasteiger partial charge on any atom is 0.420 e. The van der Waals surface area contributed by atoms with E-state index in [0.717, 1.165) is 11.1 Å². The summed E-state index contributed by atoms with van der Waals surface area (Å²) in [7, 11) is 1.22. The topological polar surface area (TPSA) is 22.1 Å². The van der Waals surface area contributed by atoms with E-state index in [0.29, 0.717) is 10.2 Å². The smallest absolute Gasteiger partial charge is 0.420 e. The van der Waals surface area contributed by atoms with Gasteiger partial charge in [0, 0.05) is 6.07 Å². The van der Waals surface area contributed by atoms with E-state index in [1.54, 1.807) is 6.92 Å². The maximum absolute atomic E-state index is 12.7. The molecule has 0 aliphatic rings. The summed E-state index contributed by atoms with van der Waals surface area (Å²) < 4.78 is 43.3. The molecule has 0 fully saturated rings. The number of nitrogens with zero attached hydrogens (tertiary/aromatic N) is 1. The minimum Gasteiger partial charge on any atom is -0.496 e. The number of alkyl halides is 3. The minimum atomic E-state index is -4.41. The van der Waals surface area contributed by atoms with Crippen molar-refractivity contribution in [2.75, 3.05) is 7.11 Å². The molecular formula is C10H8F3NOS. The molecule has 0 aliphatic heterocycles. The van der Waals surface area contributed by atoms with Crippen LogP contribution in [0.3, 0.4) is 0 Å². The lowest BCUT2D eigenvalue weighted by atomic mass is 10.2. The van der Waals surface area contributed by atoms with Gasteiger partial charge in [-0.25, -0.2) is 4.98 Å². The molecule has 1 aromatic heterocycles. The van der Waals surface area contributed by atoms with Gasteiger partial charge in [-0.05, 0) is 13.0 Å². The van der Waals surface area contributed by atoms with Crippen LogP contribution in [-0.4, -0.2) is 12.1 Å². The van der Waals surface area contributed by atoms with Crippen LogP contribution in [0.1, 0.15) is 10.6 Å². The molecule has 6 heteroatoms. The van der Waals surface area contributed by atoms with Crippen LogP contribution in [-0.2, 0) is 6.18 Å². The van der Waals surface area contributed by atoms with Crippen molar-refractivity contribution in [3.63, 3.8) is 0 Å². The molecule has 0 bridgehead atoms. The molecule has 86 valence electrons. The van der Waals surface area contributed by atoms with E-state index in [9.17, 15) is 13.2 Å². The van der Waals surface area contributed by atoms with Gasteiger partial charge in [-0.1, -0.05) is 0 Å². The molecule has 0 radical (unpaired) electrons. The van der Waals surface area contributed by atoms with Crippen LogP contribution in [0.4, 0.5) is 13.2 Å². The van der Waals surface area contributed by atoms with Crippen LogP contribution in [0.15, 0.2) is 12.1 Å². The van der Waals surface area contributed by atoms with Crippen LogP contribution < -0.4 is 4.74 Å². The molecule has 0 N–H and O–H groups in total. The van der Waals surface area contributed by atoms with E-state index in [1.165, 1.54) is 24.5 Å². The Morgan fingerprint density at radius 2 is 2.00 bits per heavy atom. The number of hydrogen-bond acceptors (Lipinski definition) is 3. The molecule has 1 heterocycles. The van der Waals surface area contributed by atoms with Gasteiger partial charge in [0.25, 0.3) is 0 Å². The van der Waals surface area contributed by atoms with Gasteiger partial charge in [0.05, 0.1) is 27.9 Å². The SMILES string of the molecule is COc1cc2nc(C)sc2cc1C(F)(F)F. The number of halogens is 3. The predicted molar refractivity (Wildman–Crippen MR) is 55.9 cm³/mol. The summed E-state index contributed by atoms with van der Waals surface area (Å²) in [5.74, 6) is -0.190. The summed E-state index contributed by atoms with van der Waals surface area (Å²) in [4.78, 5) is 4.12. The Morgan fingerprint density at radius 1 is 1.31 bits per heavy atom. The Morgan fingerprint density at radius 3 is 2.56 bits per heavy atom. The summed E-state index contributed by atoms with van der Waals surface area (Å²) in [6, 6.07) is 2.40. The van der Waals surface area contributed by atoms with Crippen molar-refractivity contribution in [2.24, 2.45) is 0 Å². The average molecular weight is 247 g/mol. The van der Waals surface area contributed by atoms with E-state index in [1.807, 2.05) is 0 Å². The first-order chi connectivity index (χ1) is 7.41. The van der Waals surface area contributed by atoms with Gasteiger partial charge in [-0.3, -0.25) is 0 Å². The van der Waals surface area contributed by atoms with Gasteiger partial charge in [0.2, 0.25) is 0 Å².